The summed E-state index contributed by atoms with van der Waals surface area (Å²) in [5.74, 6) is -0.0376. The van der Waals surface area contributed by atoms with Crippen molar-refractivity contribution in [1.29, 1.82) is 0 Å². The molecule has 3 nitrogen and oxygen atoms in total. The summed E-state index contributed by atoms with van der Waals surface area (Å²) in [6.07, 6.45) is 0. The summed E-state index contributed by atoms with van der Waals surface area (Å²) in [5, 5.41) is 0. The quantitative estimate of drug-likeness (QED) is 0.878. The molecule has 0 spiro atoms. The van der Waals surface area contributed by atoms with Gasteiger partial charge < -0.3 is 10.6 Å². The Balaban J connectivity index is 2.25. The second-order valence-corrected chi connectivity index (χ2v) is 6.42. The summed E-state index contributed by atoms with van der Waals surface area (Å²) in [5.41, 5.74) is 9.87. The average molecular weight is 300 g/mol. The van der Waals surface area contributed by atoms with Gasteiger partial charge >= 0.3 is 0 Å². The van der Waals surface area contributed by atoms with E-state index in [1.54, 1.807) is 36.8 Å². The Morgan fingerprint density at radius 1 is 1.05 bits per heavy atom. The molecule has 1 amide bonds. The van der Waals surface area contributed by atoms with E-state index in [9.17, 15) is 4.79 Å². The molecule has 0 aliphatic carbocycles. The second kappa shape index (κ2) is 6.22. The van der Waals surface area contributed by atoms with Crippen LogP contribution < -0.4 is 5.73 Å². The molecule has 0 saturated heterocycles. The third kappa shape index (κ3) is 3.58. The molecule has 0 heterocycles. The highest BCUT2D eigenvalue weighted by molar-refractivity contribution is 7.99. The number of carbonyl (C=O) groups excluding carboxylic acids is 1. The molecular weight excluding hydrogens is 280 g/mol. The van der Waals surface area contributed by atoms with Crippen molar-refractivity contribution in [2.24, 2.45) is 0 Å². The number of nitrogen functional groups attached to an aromatic ring is 1. The maximum Gasteiger partial charge on any atom is 0.253 e. The summed E-state index contributed by atoms with van der Waals surface area (Å²) in [4.78, 5) is 15.6. The van der Waals surface area contributed by atoms with E-state index < -0.39 is 0 Å². The topological polar surface area (TPSA) is 46.3 Å². The first kappa shape index (κ1) is 15.4. The SMILES string of the molecule is Cc1ccc(Sc2ccc(C(=O)N(C)C)cc2N)cc1C. The highest BCUT2D eigenvalue weighted by atomic mass is 32.2. The largest absolute Gasteiger partial charge is 0.398 e. The van der Waals surface area contributed by atoms with Crippen molar-refractivity contribution >= 4 is 23.4 Å². The molecule has 0 radical (unpaired) electrons. The van der Waals surface area contributed by atoms with Gasteiger partial charge in [0.1, 0.15) is 0 Å². The first-order valence-electron chi connectivity index (χ1n) is 6.75. The van der Waals surface area contributed by atoms with Crippen LogP contribution in [0.1, 0.15) is 21.5 Å². The molecule has 2 aromatic rings. The van der Waals surface area contributed by atoms with Crippen LogP contribution in [-0.4, -0.2) is 24.9 Å². The van der Waals surface area contributed by atoms with Crippen LogP contribution in [0, 0.1) is 13.8 Å². The summed E-state index contributed by atoms with van der Waals surface area (Å²) in [7, 11) is 3.46. The summed E-state index contributed by atoms with van der Waals surface area (Å²) < 4.78 is 0. The molecule has 0 aliphatic heterocycles. The molecule has 0 bridgehead atoms. The monoisotopic (exact) mass is 300 g/mol. The van der Waals surface area contributed by atoms with Crippen molar-refractivity contribution in [3.05, 3.63) is 53.1 Å². The lowest BCUT2D eigenvalue weighted by Crippen LogP contribution is -2.21. The Kier molecular flexibility index (Phi) is 4.58. The fourth-order valence-corrected chi connectivity index (χ4v) is 2.88. The van der Waals surface area contributed by atoms with Crippen molar-refractivity contribution in [1.82, 2.24) is 4.90 Å². The van der Waals surface area contributed by atoms with Gasteiger partial charge in [-0.25, -0.2) is 0 Å². The van der Waals surface area contributed by atoms with Crippen molar-refractivity contribution in [3.8, 4) is 0 Å². The highest BCUT2D eigenvalue weighted by Crippen LogP contribution is 2.33. The number of carbonyl (C=O) groups is 1. The van der Waals surface area contributed by atoms with Crippen LogP contribution in [0.4, 0.5) is 5.69 Å². The van der Waals surface area contributed by atoms with Crippen molar-refractivity contribution in [2.75, 3.05) is 19.8 Å². The van der Waals surface area contributed by atoms with Gasteiger partial charge in [-0.2, -0.15) is 0 Å². The van der Waals surface area contributed by atoms with Crippen LogP contribution in [0.3, 0.4) is 0 Å². The average Bonchev–Trinajstić information content (AvgIpc) is 2.44. The fourth-order valence-electron chi connectivity index (χ4n) is 1.94. The molecule has 0 unspecified atom stereocenters. The maximum absolute atomic E-state index is 11.9. The van der Waals surface area contributed by atoms with Gasteiger partial charge in [0.15, 0.2) is 0 Å². The smallest absolute Gasteiger partial charge is 0.253 e. The Hall–Kier alpha value is -1.94. The fraction of sp³-hybridized carbons (Fsp3) is 0.235. The Morgan fingerprint density at radius 3 is 2.33 bits per heavy atom. The Labute approximate surface area is 130 Å². The number of rotatable bonds is 3. The second-order valence-electron chi connectivity index (χ2n) is 5.30. The number of hydrogen-bond acceptors (Lipinski definition) is 3. The molecule has 2 rings (SSSR count). The number of nitrogens with two attached hydrogens (primary N) is 1. The molecule has 0 fully saturated rings. The van der Waals surface area contributed by atoms with Gasteiger partial charge in [0.25, 0.3) is 5.91 Å². The van der Waals surface area contributed by atoms with E-state index in [1.807, 2.05) is 12.1 Å². The molecular formula is C17H20N2OS. The van der Waals surface area contributed by atoms with Crippen LogP contribution in [-0.2, 0) is 0 Å². The summed E-state index contributed by atoms with van der Waals surface area (Å²) in [6, 6.07) is 11.8. The van der Waals surface area contributed by atoms with Gasteiger partial charge in [-0.3, -0.25) is 4.79 Å². The molecule has 0 saturated carbocycles. The summed E-state index contributed by atoms with van der Waals surface area (Å²) >= 11 is 1.62. The zero-order valence-electron chi connectivity index (χ0n) is 12.8. The van der Waals surface area contributed by atoms with E-state index >= 15 is 0 Å². The van der Waals surface area contributed by atoms with Crippen LogP contribution in [0.25, 0.3) is 0 Å². The number of anilines is 1. The van der Waals surface area contributed by atoms with Crippen molar-refractivity contribution in [2.45, 2.75) is 23.6 Å². The lowest BCUT2D eigenvalue weighted by molar-refractivity contribution is 0.0827. The Bertz CT molecular complexity index is 680. The highest BCUT2D eigenvalue weighted by Gasteiger charge is 2.10. The standard InChI is InChI=1S/C17H20N2OS/c1-11-5-7-14(9-12(11)2)21-16-8-6-13(10-15(16)18)17(20)19(3)4/h5-10H,18H2,1-4H3. The lowest BCUT2D eigenvalue weighted by atomic mass is 10.1. The third-order valence-electron chi connectivity index (χ3n) is 3.37. The van der Waals surface area contributed by atoms with Gasteiger partial charge in [0.2, 0.25) is 0 Å². The predicted molar refractivity (Wildman–Crippen MR) is 88.9 cm³/mol. The van der Waals surface area contributed by atoms with E-state index in [0.29, 0.717) is 11.3 Å². The minimum absolute atomic E-state index is 0.0376. The van der Waals surface area contributed by atoms with Gasteiger partial charge in [-0.1, -0.05) is 17.8 Å². The third-order valence-corrected chi connectivity index (χ3v) is 4.45. The van der Waals surface area contributed by atoms with Crippen LogP contribution >= 0.6 is 11.8 Å². The molecule has 2 aromatic carbocycles. The van der Waals surface area contributed by atoms with E-state index in [-0.39, 0.29) is 5.91 Å². The van der Waals surface area contributed by atoms with Crippen LogP contribution in [0.5, 0.6) is 0 Å². The number of aryl methyl sites for hydroxylation is 2. The van der Waals surface area contributed by atoms with E-state index in [4.69, 9.17) is 5.73 Å². The number of benzene rings is 2. The van der Waals surface area contributed by atoms with Gasteiger partial charge in [0.05, 0.1) is 0 Å². The molecule has 0 aromatic heterocycles. The lowest BCUT2D eigenvalue weighted by Gasteiger charge is -2.12. The van der Waals surface area contributed by atoms with E-state index in [2.05, 4.69) is 32.0 Å². The maximum atomic E-state index is 11.9. The molecule has 110 valence electrons. The van der Waals surface area contributed by atoms with Crippen molar-refractivity contribution in [3.63, 3.8) is 0 Å². The molecule has 21 heavy (non-hydrogen) atoms. The van der Waals surface area contributed by atoms with Gasteiger partial charge in [-0.15, -0.1) is 0 Å². The first-order valence-corrected chi connectivity index (χ1v) is 7.56. The molecule has 0 atom stereocenters. The zero-order chi connectivity index (χ0) is 15.6. The van der Waals surface area contributed by atoms with Crippen LogP contribution in [0.15, 0.2) is 46.2 Å². The Morgan fingerprint density at radius 2 is 1.76 bits per heavy atom. The minimum atomic E-state index is -0.0376. The molecule has 4 heteroatoms. The van der Waals surface area contributed by atoms with Gasteiger partial charge in [-0.05, 0) is 55.3 Å². The van der Waals surface area contributed by atoms with Gasteiger partial charge in [0, 0.05) is 35.1 Å². The first-order chi connectivity index (χ1) is 9.88. The van der Waals surface area contributed by atoms with Crippen LogP contribution in [0.2, 0.25) is 0 Å². The van der Waals surface area contributed by atoms with E-state index in [1.165, 1.54) is 11.1 Å². The number of hydrogen-bond donors (Lipinski definition) is 1. The minimum Gasteiger partial charge on any atom is -0.398 e. The molecule has 2 N–H and O–H groups in total. The van der Waals surface area contributed by atoms with Crippen molar-refractivity contribution < 1.29 is 4.79 Å². The summed E-state index contributed by atoms with van der Waals surface area (Å²) in [6.45, 7) is 4.20. The predicted octanol–water partition coefficient (Wildman–Crippen LogP) is 3.74. The zero-order valence-corrected chi connectivity index (χ0v) is 13.6. The van der Waals surface area contributed by atoms with E-state index in [0.717, 1.165) is 9.79 Å². The molecule has 0 aliphatic rings. The number of nitrogens with zero attached hydrogens (tertiary/aromatic N) is 1. The normalized spacial score (nSPS) is 10.5. The number of amides is 1.